The SMILES string of the molecule is Cc1nc(NC2CCCCC2)cc(C(=O)NCCc2ccccc2)n1. The molecule has 132 valence electrons. The van der Waals surface area contributed by atoms with Gasteiger partial charge < -0.3 is 10.6 Å². The van der Waals surface area contributed by atoms with E-state index in [1.807, 2.05) is 25.1 Å². The van der Waals surface area contributed by atoms with Crippen molar-refractivity contribution >= 4 is 11.7 Å². The van der Waals surface area contributed by atoms with Gasteiger partial charge in [0, 0.05) is 18.7 Å². The lowest BCUT2D eigenvalue weighted by Gasteiger charge is -2.23. The first-order valence-corrected chi connectivity index (χ1v) is 9.15. The molecule has 0 saturated heterocycles. The topological polar surface area (TPSA) is 66.9 Å². The molecular formula is C20H26N4O. The molecule has 0 unspecified atom stereocenters. The molecule has 25 heavy (non-hydrogen) atoms. The molecule has 2 N–H and O–H groups in total. The zero-order valence-electron chi connectivity index (χ0n) is 14.8. The number of rotatable bonds is 6. The van der Waals surface area contributed by atoms with E-state index in [9.17, 15) is 4.79 Å². The van der Waals surface area contributed by atoms with Crippen LogP contribution >= 0.6 is 0 Å². The van der Waals surface area contributed by atoms with Gasteiger partial charge in [0.25, 0.3) is 5.91 Å². The van der Waals surface area contributed by atoms with E-state index < -0.39 is 0 Å². The van der Waals surface area contributed by atoms with E-state index in [1.165, 1.54) is 37.7 Å². The lowest BCUT2D eigenvalue weighted by molar-refractivity contribution is 0.0949. The minimum absolute atomic E-state index is 0.145. The summed E-state index contributed by atoms with van der Waals surface area (Å²) in [6.07, 6.45) is 6.98. The van der Waals surface area contributed by atoms with Crippen molar-refractivity contribution in [3.05, 3.63) is 53.5 Å². The Balaban J connectivity index is 1.57. The molecule has 0 bridgehead atoms. The van der Waals surface area contributed by atoms with Gasteiger partial charge in [-0.15, -0.1) is 0 Å². The molecule has 1 amide bonds. The van der Waals surface area contributed by atoms with Gasteiger partial charge in [-0.2, -0.15) is 0 Å². The standard InChI is InChI=1S/C20H26N4O/c1-15-22-18(14-19(23-15)24-17-10-6-3-7-11-17)20(25)21-13-12-16-8-4-2-5-9-16/h2,4-5,8-9,14,17H,3,6-7,10-13H2,1H3,(H,21,25)(H,22,23,24). The van der Waals surface area contributed by atoms with Gasteiger partial charge in [-0.25, -0.2) is 9.97 Å². The third-order valence-corrected chi connectivity index (χ3v) is 4.57. The molecule has 0 radical (unpaired) electrons. The Hall–Kier alpha value is -2.43. The van der Waals surface area contributed by atoms with Crippen LogP contribution in [0.25, 0.3) is 0 Å². The van der Waals surface area contributed by atoms with Crippen molar-refractivity contribution in [1.29, 1.82) is 0 Å². The fraction of sp³-hybridized carbons (Fsp3) is 0.450. The average molecular weight is 338 g/mol. The highest BCUT2D eigenvalue weighted by Crippen LogP contribution is 2.21. The van der Waals surface area contributed by atoms with Crippen LogP contribution in [0, 0.1) is 6.92 Å². The van der Waals surface area contributed by atoms with Crippen LogP contribution in [-0.4, -0.2) is 28.5 Å². The molecule has 3 rings (SSSR count). The van der Waals surface area contributed by atoms with Crippen LogP contribution in [0.3, 0.4) is 0 Å². The Bertz CT molecular complexity index is 696. The largest absolute Gasteiger partial charge is 0.367 e. The van der Waals surface area contributed by atoms with Gasteiger partial charge in [0.2, 0.25) is 0 Å². The van der Waals surface area contributed by atoms with Crippen molar-refractivity contribution in [1.82, 2.24) is 15.3 Å². The summed E-state index contributed by atoms with van der Waals surface area (Å²) in [6.45, 7) is 2.42. The van der Waals surface area contributed by atoms with E-state index in [0.29, 0.717) is 24.1 Å². The summed E-state index contributed by atoms with van der Waals surface area (Å²) in [5, 5.41) is 6.42. The minimum Gasteiger partial charge on any atom is -0.367 e. The van der Waals surface area contributed by atoms with E-state index in [-0.39, 0.29) is 5.91 Å². The van der Waals surface area contributed by atoms with Crippen molar-refractivity contribution in [2.75, 3.05) is 11.9 Å². The zero-order valence-corrected chi connectivity index (χ0v) is 14.8. The number of anilines is 1. The van der Waals surface area contributed by atoms with Crippen LogP contribution < -0.4 is 10.6 Å². The molecule has 0 spiro atoms. The normalized spacial score (nSPS) is 14.9. The van der Waals surface area contributed by atoms with Crippen LogP contribution in [0.5, 0.6) is 0 Å². The number of hydrogen-bond donors (Lipinski definition) is 2. The molecule has 0 aliphatic heterocycles. The molecule has 0 atom stereocenters. The smallest absolute Gasteiger partial charge is 0.270 e. The second-order valence-electron chi connectivity index (χ2n) is 6.66. The van der Waals surface area contributed by atoms with Gasteiger partial charge in [0.15, 0.2) is 0 Å². The van der Waals surface area contributed by atoms with Crippen molar-refractivity contribution in [3.8, 4) is 0 Å². The number of aromatic nitrogens is 2. The first kappa shape index (κ1) is 17.4. The average Bonchev–Trinajstić information content (AvgIpc) is 2.63. The summed E-state index contributed by atoms with van der Waals surface area (Å²) in [6, 6.07) is 12.4. The number of carbonyl (C=O) groups is 1. The lowest BCUT2D eigenvalue weighted by atomic mass is 9.95. The maximum atomic E-state index is 12.4. The Labute approximate surface area is 149 Å². The van der Waals surface area contributed by atoms with Crippen molar-refractivity contribution in [2.24, 2.45) is 0 Å². The number of amides is 1. The van der Waals surface area contributed by atoms with Crippen LogP contribution in [0.15, 0.2) is 36.4 Å². The number of nitrogens with zero attached hydrogens (tertiary/aromatic N) is 2. The van der Waals surface area contributed by atoms with Gasteiger partial charge >= 0.3 is 0 Å². The van der Waals surface area contributed by atoms with E-state index >= 15 is 0 Å². The van der Waals surface area contributed by atoms with Gasteiger partial charge in [-0.1, -0.05) is 49.6 Å². The van der Waals surface area contributed by atoms with Gasteiger partial charge in [0.1, 0.15) is 17.3 Å². The maximum absolute atomic E-state index is 12.4. The fourth-order valence-electron chi connectivity index (χ4n) is 3.27. The Morgan fingerprint density at radius 3 is 2.64 bits per heavy atom. The molecule has 1 heterocycles. The molecular weight excluding hydrogens is 312 g/mol. The molecule has 1 fully saturated rings. The number of benzene rings is 1. The molecule has 5 heteroatoms. The first-order chi connectivity index (χ1) is 12.2. The Morgan fingerprint density at radius 1 is 1.12 bits per heavy atom. The predicted octanol–water partition coefficient (Wildman–Crippen LogP) is 3.50. The highest BCUT2D eigenvalue weighted by Gasteiger charge is 2.15. The van der Waals surface area contributed by atoms with Crippen LogP contribution in [-0.2, 0) is 6.42 Å². The third kappa shape index (κ3) is 5.28. The molecule has 1 saturated carbocycles. The van der Waals surface area contributed by atoms with Crippen LogP contribution in [0.4, 0.5) is 5.82 Å². The minimum atomic E-state index is -0.145. The summed E-state index contributed by atoms with van der Waals surface area (Å²) >= 11 is 0. The lowest BCUT2D eigenvalue weighted by Crippen LogP contribution is -2.28. The number of nitrogens with one attached hydrogen (secondary N) is 2. The zero-order chi connectivity index (χ0) is 17.5. The van der Waals surface area contributed by atoms with E-state index in [4.69, 9.17) is 0 Å². The van der Waals surface area contributed by atoms with E-state index in [1.54, 1.807) is 6.07 Å². The van der Waals surface area contributed by atoms with Crippen molar-refractivity contribution in [3.63, 3.8) is 0 Å². The third-order valence-electron chi connectivity index (χ3n) is 4.57. The number of aryl methyl sites for hydroxylation is 1. The molecule has 1 aliphatic carbocycles. The van der Waals surface area contributed by atoms with Crippen molar-refractivity contribution < 1.29 is 4.79 Å². The summed E-state index contributed by atoms with van der Waals surface area (Å²) in [4.78, 5) is 21.1. The molecule has 1 aromatic carbocycles. The van der Waals surface area contributed by atoms with Gasteiger partial charge in [-0.3, -0.25) is 4.79 Å². The molecule has 1 aliphatic rings. The Kier molecular flexibility index (Phi) is 5.99. The second-order valence-corrected chi connectivity index (χ2v) is 6.66. The fourth-order valence-corrected chi connectivity index (χ4v) is 3.27. The summed E-state index contributed by atoms with van der Waals surface area (Å²) in [5.41, 5.74) is 1.64. The Morgan fingerprint density at radius 2 is 1.88 bits per heavy atom. The summed E-state index contributed by atoms with van der Waals surface area (Å²) < 4.78 is 0. The first-order valence-electron chi connectivity index (χ1n) is 9.15. The maximum Gasteiger partial charge on any atom is 0.270 e. The molecule has 1 aromatic heterocycles. The predicted molar refractivity (Wildman–Crippen MR) is 99.7 cm³/mol. The highest BCUT2D eigenvalue weighted by molar-refractivity contribution is 5.92. The number of carbonyl (C=O) groups excluding carboxylic acids is 1. The summed E-state index contributed by atoms with van der Waals surface area (Å²) in [7, 11) is 0. The van der Waals surface area contributed by atoms with E-state index in [2.05, 4.69) is 32.7 Å². The summed E-state index contributed by atoms with van der Waals surface area (Å²) in [5.74, 6) is 1.23. The van der Waals surface area contributed by atoms with Gasteiger partial charge in [0.05, 0.1) is 0 Å². The highest BCUT2D eigenvalue weighted by atomic mass is 16.1. The van der Waals surface area contributed by atoms with Crippen LogP contribution in [0.2, 0.25) is 0 Å². The quantitative estimate of drug-likeness (QED) is 0.846. The van der Waals surface area contributed by atoms with Crippen LogP contribution in [0.1, 0.15) is 54.0 Å². The number of hydrogen-bond acceptors (Lipinski definition) is 4. The van der Waals surface area contributed by atoms with Crippen molar-refractivity contribution in [2.45, 2.75) is 51.5 Å². The van der Waals surface area contributed by atoms with E-state index in [0.717, 1.165) is 12.2 Å². The molecule has 2 aromatic rings. The monoisotopic (exact) mass is 338 g/mol. The second kappa shape index (κ2) is 8.60. The van der Waals surface area contributed by atoms with Gasteiger partial charge in [-0.05, 0) is 31.7 Å². The molecule has 5 nitrogen and oxygen atoms in total.